The highest BCUT2D eigenvalue weighted by atomic mass is 32.2. The number of ether oxygens (including phenoxy) is 1. The first-order valence-electron chi connectivity index (χ1n) is 14.7. The highest BCUT2D eigenvalue weighted by Crippen LogP contribution is 2.45. The van der Waals surface area contributed by atoms with Gasteiger partial charge in [-0.2, -0.15) is 0 Å². The summed E-state index contributed by atoms with van der Waals surface area (Å²) in [5, 5.41) is 2.78. The molecule has 0 aliphatic carbocycles. The van der Waals surface area contributed by atoms with Gasteiger partial charge >= 0.3 is 6.09 Å². The van der Waals surface area contributed by atoms with Crippen molar-refractivity contribution in [1.29, 1.82) is 0 Å². The monoisotopic (exact) mass is 564 g/mol. The number of rotatable bonds is 5. The molecule has 4 aliphatic heterocycles. The average Bonchev–Trinajstić information content (AvgIpc) is 3.22. The normalized spacial score (nSPS) is 26.8. The van der Waals surface area contributed by atoms with E-state index in [4.69, 9.17) is 4.74 Å². The molecule has 1 spiro atoms. The second-order valence-electron chi connectivity index (χ2n) is 11.8. The molecule has 4 aliphatic rings. The number of likely N-dealkylation sites (tertiary alicyclic amines) is 1. The lowest BCUT2D eigenvalue weighted by Gasteiger charge is -2.51. The van der Waals surface area contributed by atoms with Crippen LogP contribution < -0.4 is 5.32 Å². The number of hydrogen-bond donors (Lipinski definition) is 1. The average molecular weight is 565 g/mol. The molecule has 40 heavy (non-hydrogen) atoms. The van der Waals surface area contributed by atoms with Gasteiger partial charge in [0.15, 0.2) is 0 Å². The van der Waals surface area contributed by atoms with Crippen molar-refractivity contribution >= 4 is 28.7 Å². The molecule has 6 rings (SSSR count). The smallest absolute Gasteiger partial charge is 0.410 e. The molecule has 3 unspecified atom stereocenters. The highest BCUT2D eigenvalue weighted by molar-refractivity contribution is 7.82. The molecular weight excluding hydrogens is 524 g/mol. The summed E-state index contributed by atoms with van der Waals surface area (Å²) in [6.07, 6.45) is 6.16. The number of carbonyl (C=O) groups is 2. The van der Waals surface area contributed by atoms with Gasteiger partial charge in [-0.25, -0.2) is 13.3 Å². The summed E-state index contributed by atoms with van der Waals surface area (Å²) in [4.78, 5) is 29.4. The molecule has 8 nitrogen and oxygen atoms in total. The van der Waals surface area contributed by atoms with Gasteiger partial charge in [-0.1, -0.05) is 24.3 Å². The maximum atomic E-state index is 13.8. The van der Waals surface area contributed by atoms with E-state index in [9.17, 15) is 13.8 Å². The summed E-state index contributed by atoms with van der Waals surface area (Å²) in [5.41, 5.74) is 3.37. The summed E-state index contributed by atoms with van der Waals surface area (Å²) in [6.45, 7) is 7.26. The fraction of sp³-hybridized carbons (Fsp3) is 0.548. The van der Waals surface area contributed by atoms with Crippen LogP contribution in [0.2, 0.25) is 0 Å². The van der Waals surface area contributed by atoms with Crippen LogP contribution in [-0.2, 0) is 32.5 Å². The summed E-state index contributed by atoms with van der Waals surface area (Å²) in [5.74, 6) is -0.119. The lowest BCUT2D eigenvalue weighted by molar-refractivity contribution is -0.114. The number of anilines is 1. The number of hydrogen-bond acceptors (Lipinski definition) is 5. The zero-order valence-corrected chi connectivity index (χ0v) is 24.3. The second-order valence-corrected chi connectivity index (χ2v) is 13.3. The zero-order chi connectivity index (χ0) is 27.9. The second kappa shape index (κ2) is 11.3. The predicted molar refractivity (Wildman–Crippen MR) is 155 cm³/mol. The Balaban J connectivity index is 1.16. The van der Waals surface area contributed by atoms with Crippen molar-refractivity contribution < 1.29 is 18.5 Å². The minimum absolute atomic E-state index is 0.0260. The third kappa shape index (κ3) is 5.19. The molecule has 2 bridgehead atoms. The van der Waals surface area contributed by atoms with Gasteiger partial charge in [0.2, 0.25) is 5.91 Å². The fourth-order valence-corrected chi connectivity index (χ4v) is 8.94. The molecule has 214 valence electrons. The van der Waals surface area contributed by atoms with Crippen LogP contribution in [-0.4, -0.2) is 74.7 Å². The highest BCUT2D eigenvalue weighted by Gasteiger charge is 2.48. The van der Waals surface area contributed by atoms with Crippen LogP contribution in [0.3, 0.4) is 0 Å². The minimum atomic E-state index is -1.29. The van der Waals surface area contributed by atoms with Gasteiger partial charge in [0, 0.05) is 49.2 Å². The van der Waals surface area contributed by atoms with E-state index in [1.165, 1.54) is 18.1 Å². The molecule has 2 aromatic carbocycles. The number of nitrogens with one attached hydrogen (secondary N) is 1. The quantitative estimate of drug-likeness (QED) is 0.571. The van der Waals surface area contributed by atoms with Crippen molar-refractivity contribution in [2.75, 3.05) is 31.6 Å². The van der Waals surface area contributed by atoms with Crippen molar-refractivity contribution in [3.8, 4) is 0 Å². The van der Waals surface area contributed by atoms with Crippen molar-refractivity contribution in [2.45, 2.75) is 87.4 Å². The van der Waals surface area contributed by atoms with E-state index in [2.05, 4.69) is 38.8 Å². The lowest BCUT2D eigenvalue weighted by atomic mass is 9.69. The summed E-state index contributed by atoms with van der Waals surface area (Å²) < 4.78 is 21.3. The van der Waals surface area contributed by atoms with Gasteiger partial charge < -0.3 is 19.9 Å². The molecule has 0 aromatic heterocycles. The van der Waals surface area contributed by atoms with Crippen LogP contribution in [0.1, 0.15) is 63.5 Å². The standard InChI is InChI=1S/C31H40N4O4S/c1-3-39-30(37)35-25-10-11-26(35)19-27(18-25)33-16-14-31(15-17-33)21-34(20-23-6-4-5-7-29(23)31)40(38)28-12-8-24(9-13-28)32-22(2)36/h4-9,12-13,25-27H,3,10-11,14-21H2,1-2H3,(H,32,36). The fourth-order valence-electron chi connectivity index (χ4n) is 7.66. The van der Waals surface area contributed by atoms with Gasteiger partial charge in [0.1, 0.15) is 11.0 Å². The molecule has 3 atom stereocenters. The Bertz CT molecular complexity index is 1260. The molecular formula is C31H40N4O4S. The SMILES string of the molecule is CCOC(=O)N1C2CCC1CC(N1CCC3(CC1)CN(S(=O)c1ccc(NC(C)=O)cc1)Cc1ccccc13)C2. The third-order valence-corrected chi connectivity index (χ3v) is 10.9. The Labute approximate surface area is 239 Å². The number of carbonyl (C=O) groups excluding carboxylic acids is 2. The van der Waals surface area contributed by atoms with Gasteiger partial charge in [-0.05, 0) is 93.9 Å². The Hall–Kier alpha value is -2.75. The number of amides is 2. The first-order valence-corrected chi connectivity index (χ1v) is 15.8. The molecule has 4 heterocycles. The molecule has 2 aromatic rings. The third-order valence-electron chi connectivity index (χ3n) is 9.48. The number of nitrogens with zero attached hydrogens (tertiary/aromatic N) is 3. The van der Waals surface area contributed by atoms with Crippen LogP contribution in [0, 0.1) is 0 Å². The Kier molecular flexibility index (Phi) is 7.72. The molecule has 3 fully saturated rings. The van der Waals surface area contributed by atoms with E-state index >= 15 is 0 Å². The van der Waals surface area contributed by atoms with E-state index in [1.807, 2.05) is 36.1 Å². The topological polar surface area (TPSA) is 82.2 Å². The molecule has 9 heteroatoms. The van der Waals surface area contributed by atoms with E-state index in [1.54, 1.807) is 0 Å². The van der Waals surface area contributed by atoms with Gasteiger partial charge in [0.25, 0.3) is 0 Å². The Morgan fingerprint density at radius 2 is 1.68 bits per heavy atom. The number of piperidine rings is 2. The van der Waals surface area contributed by atoms with Crippen molar-refractivity contribution in [3.05, 3.63) is 59.7 Å². The van der Waals surface area contributed by atoms with E-state index < -0.39 is 11.0 Å². The number of fused-ring (bicyclic) bond motifs is 4. The van der Waals surface area contributed by atoms with Crippen LogP contribution in [0.15, 0.2) is 53.4 Å². The maximum Gasteiger partial charge on any atom is 0.410 e. The molecule has 1 N–H and O–H groups in total. The van der Waals surface area contributed by atoms with Crippen molar-refractivity contribution in [3.63, 3.8) is 0 Å². The largest absolute Gasteiger partial charge is 0.450 e. The lowest BCUT2D eigenvalue weighted by Crippen LogP contribution is -2.57. The summed E-state index contributed by atoms with van der Waals surface area (Å²) in [6, 6.07) is 17.2. The first kappa shape index (κ1) is 27.4. The van der Waals surface area contributed by atoms with E-state index in [0.717, 1.165) is 63.1 Å². The van der Waals surface area contributed by atoms with Crippen LogP contribution in [0.4, 0.5) is 10.5 Å². The number of benzene rings is 2. The zero-order valence-electron chi connectivity index (χ0n) is 23.5. The van der Waals surface area contributed by atoms with Crippen molar-refractivity contribution in [2.24, 2.45) is 0 Å². The Morgan fingerprint density at radius 1 is 1.00 bits per heavy atom. The van der Waals surface area contributed by atoms with Crippen LogP contribution in [0.5, 0.6) is 0 Å². The molecule has 0 saturated carbocycles. The van der Waals surface area contributed by atoms with Crippen molar-refractivity contribution in [1.82, 2.24) is 14.1 Å². The van der Waals surface area contributed by atoms with Gasteiger partial charge in [-0.15, -0.1) is 0 Å². The van der Waals surface area contributed by atoms with Crippen LogP contribution in [0.25, 0.3) is 0 Å². The maximum absolute atomic E-state index is 13.8. The van der Waals surface area contributed by atoms with E-state index in [0.29, 0.717) is 37.0 Å². The first-order chi connectivity index (χ1) is 19.4. The predicted octanol–water partition coefficient (Wildman–Crippen LogP) is 4.67. The van der Waals surface area contributed by atoms with Gasteiger partial charge in [0.05, 0.1) is 11.5 Å². The molecule has 3 saturated heterocycles. The minimum Gasteiger partial charge on any atom is -0.450 e. The van der Waals surface area contributed by atoms with Crippen LogP contribution >= 0.6 is 0 Å². The summed E-state index contributed by atoms with van der Waals surface area (Å²) >= 11 is 0. The molecule has 0 radical (unpaired) electrons. The van der Waals surface area contributed by atoms with Gasteiger partial charge in [-0.3, -0.25) is 4.79 Å². The summed E-state index contributed by atoms with van der Waals surface area (Å²) in [7, 11) is -1.29. The molecule has 2 amide bonds. The Morgan fingerprint density at radius 3 is 2.33 bits per heavy atom. The van der Waals surface area contributed by atoms with E-state index in [-0.39, 0.29) is 17.4 Å².